The van der Waals surface area contributed by atoms with E-state index in [0.717, 1.165) is 35.1 Å². The minimum Gasteiger partial charge on any atom is -0.395 e. The Morgan fingerprint density at radius 2 is 1.97 bits per heavy atom. The van der Waals surface area contributed by atoms with Gasteiger partial charge >= 0.3 is 0 Å². The minimum absolute atomic E-state index is 0.0416. The molecule has 1 saturated carbocycles. The number of nitrogens with one attached hydrogen (secondary N) is 2. The Balaban J connectivity index is 1.58. The Morgan fingerprint density at radius 1 is 1.19 bits per heavy atom. The van der Waals surface area contributed by atoms with Crippen LogP contribution >= 0.6 is 0 Å². The largest absolute Gasteiger partial charge is 0.395 e. The van der Waals surface area contributed by atoms with Crippen molar-refractivity contribution >= 4 is 22.8 Å². The molecule has 1 aliphatic carbocycles. The summed E-state index contributed by atoms with van der Waals surface area (Å²) in [6, 6.07) is 6.25. The van der Waals surface area contributed by atoms with Crippen LogP contribution in [-0.4, -0.2) is 61.4 Å². The standard InChI is InChI=1S/C23H33N7O2/c1-15(14-31)24-11-16-8-9-20(25-12-16)27-23-26-13-17-10-19(22(32)29(2)3)30(21(17)28-23)18-6-4-5-7-18/h8-10,12-13,15,18,22,24,31-32H,4-7,11,14H2,1-3H3,(H,25,26,27,28)/t15-,22?/m1/s1. The molecule has 9 nitrogen and oxygen atoms in total. The van der Waals surface area contributed by atoms with E-state index in [4.69, 9.17) is 10.1 Å². The second-order valence-corrected chi connectivity index (χ2v) is 8.83. The van der Waals surface area contributed by atoms with Gasteiger partial charge in [-0.2, -0.15) is 4.98 Å². The van der Waals surface area contributed by atoms with Crippen molar-refractivity contribution in [3.8, 4) is 0 Å². The van der Waals surface area contributed by atoms with Crippen molar-refractivity contribution in [2.24, 2.45) is 0 Å². The highest BCUT2D eigenvalue weighted by Crippen LogP contribution is 2.36. The molecule has 0 radical (unpaired) electrons. The summed E-state index contributed by atoms with van der Waals surface area (Å²) in [7, 11) is 3.74. The molecule has 0 bridgehead atoms. The third kappa shape index (κ3) is 4.91. The molecule has 2 atom stereocenters. The molecular formula is C23H33N7O2. The molecule has 3 aromatic heterocycles. The smallest absolute Gasteiger partial charge is 0.230 e. The predicted molar refractivity (Wildman–Crippen MR) is 125 cm³/mol. The van der Waals surface area contributed by atoms with Crippen LogP contribution in [-0.2, 0) is 6.54 Å². The molecule has 0 spiro atoms. The van der Waals surface area contributed by atoms with Gasteiger partial charge in [0.15, 0.2) is 0 Å². The van der Waals surface area contributed by atoms with Gasteiger partial charge in [0.25, 0.3) is 0 Å². The number of nitrogens with zero attached hydrogens (tertiary/aromatic N) is 5. The highest BCUT2D eigenvalue weighted by Gasteiger charge is 2.26. The lowest BCUT2D eigenvalue weighted by atomic mass is 10.2. The summed E-state index contributed by atoms with van der Waals surface area (Å²) in [5.41, 5.74) is 2.73. The number of aromatic nitrogens is 4. The normalized spacial score (nSPS) is 16.7. The van der Waals surface area contributed by atoms with Crippen molar-refractivity contribution in [1.29, 1.82) is 0 Å². The molecule has 32 heavy (non-hydrogen) atoms. The molecule has 0 aliphatic heterocycles. The van der Waals surface area contributed by atoms with Crippen LogP contribution < -0.4 is 10.6 Å². The highest BCUT2D eigenvalue weighted by molar-refractivity contribution is 5.78. The first-order chi connectivity index (χ1) is 15.5. The van der Waals surface area contributed by atoms with Crippen molar-refractivity contribution in [2.75, 3.05) is 26.0 Å². The van der Waals surface area contributed by atoms with Gasteiger partial charge in [0.2, 0.25) is 5.95 Å². The number of anilines is 2. The minimum atomic E-state index is -0.697. The molecule has 9 heteroatoms. The van der Waals surface area contributed by atoms with Crippen molar-refractivity contribution in [2.45, 2.75) is 57.5 Å². The summed E-state index contributed by atoms with van der Waals surface area (Å²) in [6.45, 7) is 2.67. The van der Waals surface area contributed by atoms with E-state index in [9.17, 15) is 5.11 Å². The zero-order valence-corrected chi connectivity index (χ0v) is 19.0. The summed E-state index contributed by atoms with van der Waals surface area (Å²) in [6.07, 6.45) is 7.48. The maximum Gasteiger partial charge on any atom is 0.230 e. The number of pyridine rings is 1. The van der Waals surface area contributed by atoms with E-state index in [1.165, 1.54) is 12.8 Å². The number of hydrogen-bond acceptors (Lipinski definition) is 8. The van der Waals surface area contributed by atoms with Crippen LogP contribution in [0.4, 0.5) is 11.8 Å². The maximum atomic E-state index is 10.8. The number of fused-ring (bicyclic) bond motifs is 1. The molecule has 1 unspecified atom stereocenters. The van der Waals surface area contributed by atoms with Gasteiger partial charge in [0.05, 0.1) is 12.3 Å². The second kappa shape index (κ2) is 9.91. The fraction of sp³-hybridized carbons (Fsp3) is 0.522. The fourth-order valence-corrected chi connectivity index (χ4v) is 4.17. The topological polar surface area (TPSA) is 111 Å². The molecule has 0 aromatic carbocycles. The molecular weight excluding hydrogens is 406 g/mol. The SMILES string of the molecule is C[C@H](CO)NCc1ccc(Nc2ncc3cc(C(O)N(C)C)n(C4CCCC4)c3n2)nc1. The molecule has 4 N–H and O–H groups in total. The summed E-state index contributed by atoms with van der Waals surface area (Å²) >= 11 is 0. The molecule has 3 aromatic rings. The molecule has 0 amide bonds. The number of aliphatic hydroxyl groups is 2. The zero-order valence-electron chi connectivity index (χ0n) is 19.0. The van der Waals surface area contributed by atoms with E-state index in [0.29, 0.717) is 24.4 Å². The molecule has 1 aliphatic rings. The Kier molecular flexibility index (Phi) is 7.00. The number of hydrogen-bond donors (Lipinski definition) is 4. The first-order valence-corrected chi connectivity index (χ1v) is 11.2. The Hall–Kier alpha value is -2.59. The summed E-state index contributed by atoms with van der Waals surface area (Å²) in [4.78, 5) is 15.5. The first kappa shape index (κ1) is 22.6. The van der Waals surface area contributed by atoms with Crippen LogP contribution in [0.1, 0.15) is 56.1 Å². The predicted octanol–water partition coefficient (Wildman–Crippen LogP) is 2.71. The molecule has 0 saturated heterocycles. The van der Waals surface area contributed by atoms with Crippen LogP contribution in [0.15, 0.2) is 30.6 Å². The van der Waals surface area contributed by atoms with Gasteiger partial charge in [-0.05, 0) is 51.6 Å². The van der Waals surface area contributed by atoms with Crippen LogP contribution in [0.3, 0.4) is 0 Å². The average molecular weight is 440 g/mol. The summed E-state index contributed by atoms with van der Waals surface area (Å²) in [5.74, 6) is 1.14. The van der Waals surface area contributed by atoms with Crippen LogP contribution in [0.5, 0.6) is 0 Å². The Morgan fingerprint density at radius 3 is 2.62 bits per heavy atom. The van der Waals surface area contributed by atoms with E-state index in [1.807, 2.05) is 39.2 Å². The lowest BCUT2D eigenvalue weighted by Gasteiger charge is -2.24. The highest BCUT2D eigenvalue weighted by atomic mass is 16.3. The summed E-state index contributed by atoms with van der Waals surface area (Å²) < 4.78 is 2.20. The van der Waals surface area contributed by atoms with Crippen LogP contribution in [0.2, 0.25) is 0 Å². The van der Waals surface area contributed by atoms with E-state index in [2.05, 4.69) is 25.2 Å². The average Bonchev–Trinajstić information content (AvgIpc) is 3.45. The molecule has 3 heterocycles. The Labute approximate surface area is 188 Å². The molecule has 1 fully saturated rings. The van der Waals surface area contributed by atoms with Crippen molar-refractivity contribution in [1.82, 2.24) is 29.7 Å². The Bertz CT molecular complexity index is 1030. The van der Waals surface area contributed by atoms with Crippen molar-refractivity contribution in [3.05, 3.63) is 41.9 Å². The quantitative estimate of drug-likeness (QED) is 0.377. The molecule has 4 rings (SSSR count). The van der Waals surface area contributed by atoms with Gasteiger partial charge < -0.3 is 25.4 Å². The third-order valence-corrected chi connectivity index (χ3v) is 6.04. The van der Waals surface area contributed by atoms with E-state index < -0.39 is 6.23 Å². The van der Waals surface area contributed by atoms with Crippen molar-refractivity contribution < 1.29 is 10.2 Å². The van der Waals surface area contributed by atoms with Crippen LogP contribution in [0.25, 0.3) is 11.0 Å². The third-order valence-electron chi connectivity index (χ3n) is 6.04. The monoisotopic (exact) mass is 439 g/mol. The van der Waals surface area contributed by atoms with Gasteiger partial charge in [-0.3, -0.25) is 4.90 Å². The lowest BCUT2D eigenvalue weighted by Crippen LogP contribution is -2.28. The van der Waals surface area contributed by atoms with Gasteiger partial charge in [0.1, 0.15) is 17.7 Å². The van der Waals surface area contributed by atoms with Crippen LogP contribution in [0, 0.1) is 0 Å². The van der Waals surface area contributed by atoms with E-state index in [1.54, 1.807) is 17.3 Å². The fourth-order valence-electron chi connectivity index (χ4n) is 4.17. The lowest BCUT2D eigenvalue weighted by molar-refractivity contribution is 0.0319. The second-order valence-electron chi connectivity index (χ2n) is 8.83. The zero-order chi connectivity index (χ0) is 22.7. The maximum absolute atomic E-state index is 10.8. The van der Waals surface area contributed by atoms with Gasteiger partial charge in [-0.25, -0.2) is 9.97 Å². The molecule has 172 valence electrons. The van der Waals surface area contributed by atoms with E-state index >= 15 is 0 Å². The number of rotatable bonds is 9. The first-order valence-electron chi connectivity index (χ1n) is 11.2. The van der Waals surface area contributed by atoms with E-state index in [-0.39, 0.29) is 12.6 Å². The summed E-state index contributed by atoms with van der Waals surface area (Å²) in [5, 5.41) is 27.2. The number of aliphatic hydroxyl groups excluding tert-OH is 2. The van der Waals surface area contributed by atoms with Gasteiger partial charge in [-0.1, -0.05) is 18.9 Å². The van der Waals surface area contributed by atoms with Gasteiger partial charge in [-0.15, -0.1) is 0 Å². The van der Waals surface area contributed by atoms with Gasteiger partial charge in [0, 0.05) is 36.4 Å². The van der Waals surface area contributed by atoms with Crippen molar-refractivity contribution in [3.63, 3.8) is 0 Å².